The van der Waals surface area contributed by atoms with E-state index in [4.69, 9.17) is 0 Å². The number of carboxylic acid groups (broad SMARTS) is 1. The first-order chi connectivity index (χ1) is 9.43. The molecule has 0 aliphatic carbocycles. The lowest BCUT2D eigenvalue weighted by Crippen LogP contribution is -2.93. The summed E-state index contributed by atoms with van der Waals surface area (Å²) in [6, 6.07) is 1.56. The Morgan fingerprint density at radius 3 is 2.70 bits per heavy atom. The maximum atomic E-state index is 13.3. The molecule has 108 valence electrons. The van der Waals surface area contributed by atoms with Crippen LogP contribution in [0.1, 0.15) is 6.42 Å². The third kappa shape index (κ3) is 4.77. The van der Waals surface area contributed by atoms with Gasteiger partial charge in [-0.15, -0.1) is 0 Å². The largest absolute Gasteiger partial charge is 0.544 e. The van der Waals surface area contributed by atoms with Crippen LogP contribution >= 0.6 is 0 Å². The summed E-state index contributed by atoms with van der Waals surface area (Å²) in [5.41, 5.74) is -0.211. The van der Waals surface area contributed by atoms with Crippen LogP contribution in [0.15, 0.2) is 30.9 Å². The average molecular weight is 284 g/mol. The van der Waals surface area contributed by atoms with Crippen molar-refractivity contribution in [1.82, 2.24) is 0 Å². The summed E-state index contributed by atoms with van der Waals surface area (Å²) in [6.45, 7) is 3.73. The first-order valence-corrected chi connectivity index (χ1v) is 5.84. The number of carbonyl (C=O) groups is 2. The molecule has 0 fully saturated rings. The third-order valence-corrected chi connectivity index (χ3v) is 2.50. The van der Waals surface area contributed by atoms with Crippen molar-refractivity contribution in [2.75, 3.05) is 11.9 Å². The molecule has 1 amide bonds. The van der Waals surface area contributed by atoms with Gasteiger partial charge < -0.3 is 20.5 Å². The molecule has 7 heteroatoms. The van der Waals surface area contributed by atoms with E-state index in [-0.39, 0.29) is 5.69 Å². The molecule has 0 aliphatic heterocycles. The number of anilines is 1. The maximum Gasteiger partial charge on any atom is 0.230 e. The molecule has 20 heavy (non-hydrogen) atoms. The summed E-state index contributed by atoms with van der Waals surface area (Å²) >= 11 is 0. The lowest BCUT2D eigenvalue weighted by Gasteiger charge is -2.15. The van der Waals surface area contributed by atoms with Gasteiger partial charge in [0, 0.05) is 6.07 Å². The molecule has 0 saturated carbocycles. The molecule has 0 aromatic heterocycles. The number of hydrogen-bond donors (Lipinski definition) is 2. The summed E-state index contributed by atoms with van der Waals surface area (Å²) in [4.78, 5) is 22.4. The monoisotopic (exact) mass is 284 g/mol. The molecule has 5 nitrogen and oxygen atoms in total. The Labute approximate surface area is 114 Å². The lowest BCUT2D eigenvalue weighted by atomic mass is 10.2. The number of amides is 1. The minimum Gasteiger partial charge on any atom is -0.544 e. The van der Waals surface area contributed by atoms with Crippen LogP contribution in [-0.2, 0) is 9.59 Å². The molecule has 1 aromatic rings. The first-order valence-electron chi connectivity index (χ1n) is 5.84. The Kier molecular flexibility index (Phi) is 5.79. The number of nitrogens with two attached hydrogens (primary N) is 1. The Bertz CT molecular complexity index is 520. The number of nitrogens with one attached hydrogen (secondary N) is 1. The quantitative estimate of drug-likeness (QED) is 0.640. The topological polar surface area (TPSA) is 85.8 Å². The minimum atomic E-state index is -1.40. The van der Waals surface area contributed by atoms with Gasteiger partial charge in [-0.3, -0.25) is 4.79 Å². The van der Waals surface area contributed by atoms with Crippen molar-refractivity contribution in [3.8, 4) is 0 Å². The Hall–Kier alpha value is -2.28. The highest BCUT2D eigenvalue weighted by atomic mass is 19.1. The second kappa shape index (κ2) is 7.34. The molecular weight excluding hydrogens is 270 g/mol. The van der Waals surface area contributed by atoms with Crippen molar-refractivity contribution in [2.45, 2.75) is 12.5 Å². The van der Waals surface area contributed by atoms with Crippen molar-refractivity contribution in [2.24, 2.45) is 0 Å². The van der Waals surface area contributed by atoms with Crippen LogP contribution in [0.4, 0.5) is 14.5 Å². The van der Waals surface area contributed by atoms with E-state index in [2.05, 4.69) is 11.9 Å². The maximum absolute atomic E-state index is 13.3. The van der Waals surface area contributed by atoms with Crippen LogP contribution < -0.4 is 15.7 Å². The molecule has 0 spiro atoms. The van der Waals surface area contributed by atoms with Gasteiger partial charge in [-0.1, -0.05) is 6.58 Å². The smallest absolute Gasteiger partial charge is 0.230 e. The van der Waals surface area contributed by atoms with Crippen LogP contribution in [0.2, 0.25) is 0 Å². The number of rotatable bonds is 7. The zero-order valence-electron chi connectivity index (χ0n) is 10.6. The van der Waals surface area contributed by atoms with E-state index >= 15 is 0 Å². The Balaban J connectivity index is 2.65. The van der Waals surface area contributed by atoms with Crippen molar-refractivity contribution in [3.63, 3.8) is 0 Å². The lowest BCUT2D eigenvalue weighted by molar-refractivity contribution is -0.674. The van der Waals surface area contributed by atoms with E-state index in [0.717, 1.165) is 12.1 Å². The number of hydrogen-bond acceptors (Lipinski definition) is 3. The molecule has 1 rings (SSSR count). The normalized spacial score (nSPS) is 11.7. The molecular formula is C13H14F2N2O3. The average Bonchev–Trinajstić information content (AvgIpc) is 2.37. The van der Waals surface area contributed by atoms with Gasteiger partial charge in [0.2, 0.25) is 5.91 Å². The molecule has 0 radical (unpaired) electrons. The fourth-order valence-electron chi connectivity index (χ4n) is 1.52. The minimum absolute atomic E-state index is 0.211. The van der Waals surface area contributed by atoms with E-state index in [9.17, 15) is 23.5 Å². The van der Waals surface area contributed by atoms with Gasteiger partial charge in [-0.25, -0.2) is 8.78 Å². The van der Waals surface area contributed by atoms with E-state index in [1.165, 1.54) is 11.4 Å². The molecule has 1 aromatic carbocycles. The predicted molar refractivity (Wildman–Crippen MR) is 65.4 cm³/mol. The van der Waals surface area contributed by atoms with Gasteiger partial charge in [-0.2, -0.15) is 0 Å². The fourth-order valence-corrected chi connectivity index (χ4v) is 1.52. The van der Waals surface area contributed by atoms with Crippen LogP contribution in [0.25, 0.3) is 0 Å². The highest BCUT2D eigenvalue weighted by molar-refractivity contribution is 5.93. The number of benzene rings is 1. The zero-order chi connectivity index (χ0) is 15.1. The van der Waals surface area contributed by atoms with E-state index in [1.54, 1.807) is 0 Å². The van der Waals surface area contributed by atoms with Crippen molar-refractivity contribution in [1.29, 1.82) is 0 Å². The third-order valence-electron chi connectivity index (χ3n) is 2.50. The van der Waals surface area contributed by atoms with Crippen molar-refractivity contribution >= 4 is 17.6 Å². The van der Waals surface area contributed by atoms with Gasteiger partial charge in [0.15, 0.2) is 0 Å². The fraction of sp³-hybridized carbons (Fsp3) is 0.231. The summed E-state index contributed by atoms with van der Waals surface area (Å²) in [6.07, 6.45) is 1.08. The zero-order valence-corrected chi connectivity index (χ0v) is 10.6. The molecule has 0 bridgehead atoms. The van der Waals surface area contributed by atoms with Crippen LogP contribution in [0, 0.1) is 11.6 Å². The molecule has 1 atom stereocenters. The number of aliphatic carboxylic acids is 1. The highest BCUT2D eigenvalue weighted by Crippen LogP contribution is 2.15. The summed E-state index contributed by atoms with van der Waals surface area (Å²) in [7, 11) is 0. The van der Waals surface area contributed by atoms with Crippen molar-refractivity contribution in [3.05, 3.63) is 42.5 Å². The number of carbonyl (C=O) groups excluding carboxylic acids is 2. The Morgan fingerprint density at radius 2 is 2.15 bits per heavy atom. The second-order valence-electron chi connectivity index (χ2n) is 4.06. The summed E-state index contributed by atoms with van der Waals surface area (Å²) < 4.78 is 26.0. The van der Waals surface area contributed by atoms with Crippen LogP contribution in [-0.4, -0.2) is 24.5 Å². The van der Waals surface area contributed by atoms with Gasteiger partial charge in [0.25, 0.3) is 0 Å². The standard InChI is InChI=1S/C13H14F2N2O3/c1-2-5-16-11(13(19)20)7-12(18)17-10-4-3-8(14)6-9(10)15/h2-4,6,11,16H,1,5,7H2,(H,17,18)(H,19,20)/t11-/m1/s1. The number of carboxylic acids is 1. The van der Waals surface area contributed by atoms with Crippen LogP contribution in [0.3, 0.4) is 0 Å². The summed E-state index contributed by atoms with van der Waals surface area (Å²) in [5.74, 6) is -3.81. The number of quaternary nitrogens is 1. The molecule has 3 N–H and O–H groups in total. The SMILES string of the molecule is C=CC[NH2+][C@H](CC(=O)Nc1ccc(F)cc1F)C(=O)[O-]. The van der Waals surface area contributed by atoms with Gasteiger partial charge >= 0.3 is 0 Å². The molecule has 0 aliphatic rings. The molecule has 0 saturated heterocycles. The van der Waals surface area contributed by atoms with Gasteiger partial charge in [-0.05, 0) is 18.2 Å². The molecule has 0 unspecified atom stereocenters. The predicted octanol–water partition coefficient (Wildman–Crippen LogP) is -0.839. The van der Waals surface area contributed by atoms with Crippen molar-refractivity contribution < 1.29 is 28.8 Å². The summed E-state index contributed by atoms with van der Waals surface area (Å²) in [5, 5.41) is 14.4. The van der Waals surface area contributed by atoms with Gasteiger partial charge in [0.05, 0.1) is 24.6 Å². The van der Waals surface area contributed by atoms with E-state index in [1.807, 2.05) is 0 Å². The number of halogens is 2. The molecule has 0 heterocycles. The van der Waals surface area contributed by atoms with E-state index < -0.39 is 36.0 Å². The second-order valence-corrected chi connectivity index (χ2v) is 4.06. The Morgan fingerprint density at radius 1 is 1.45 bits per heavy atom. The first kappa shape index (κ1) is 15.8. The van der Waals surface area contributed by atoms with E-state index in [0.29, 0.717) is 12.6 Å². The van der Waals surface area contributed by atoms with Crippen LogP contribution in [0.5, 0.6) is 0 Å². The highest BCUT2D eigenvalue weighted by Gasteiger charge is 2.18. The van der Waals surface area contributed by atoms with Gasteiger partial charge in [0.1, 0.15) is 17.7 Å².